The van der Waals surface area contributed by atoms with Crippen LogP contribution in [0, 0.1) is 6.92 Å². The number of carboxylic acids is 1. The highest BCUT2D eigenvalue weighted by molar-refractivity contribution is 9.10. The number of hydrogen-bond acceptors (Lipinski definition) is 4. The van der Waals surface area contributed by atoms with Crippen molar-refractivity contribution in [3.05, 3.63) is 44.5 Å². The summed E-state index contributed by atoms with van der Waals surface area (Å²) in [6, 6.07) is 1.79. The molecule has 0 bridgehead atoms. The molecule has 0 saturated heterocycles. The van der Waals surface area contributed by atoms with Crippen molar-refractivity contribution in [2.24, 2.45) is 0 Å². The van der Waals surface area contributed by atoms with Crippen molar-refractivity contribution >= 4 is 21.9 Å². The van der Waals surface area contributed by atoms with Gasteiger partial charge in [-0.25, -0.2) is 4.98 Å². The SMILES string of the molecule is Cc1nc(-c2cncc(Br)c2)[nH]c(=O)c1CCC(=O)O. The molecule has 0 unspecified atom stereocenters. The summed E-state index contributed by atoms with van der Waals surface area (Å²) in [5.41, 5.74) is 1.31. The Kier molecular flexibility index (Phi) is 4.29. The third kappa shape index (κ3) is 3.30. The third-order valence-corrected chi connectivity index (χ3v) is 3.22. The van der Waals surface area contributed by atoms with Gasteiger partial charge in [0, 0.05) is 40.1 Å². The maximum atomic E-state index is 12.0. The van der Waals surface area contributed by atoms with Gasteiger partial charge in [0.1, 0.15) is 5.82 Å². The molecule has 2 N–H and O–H groups in total. The van der Waals surface area contributed by atoms with E-state index >= 15 is 0 Å². The summed E-state index contributed by atoms with van der Waals surface area (Å²) in [6.45, 7) is 1.70. The van der Waals surface area contributed by atoms with Gasteiger partial charge in [0.15, 0.2) is 0 Å². The average molecular weight is 338 g/mol. The van der Waals surface area contributed by atoms with E-state index in [4.69, 9.17) is 5.11 Å². The molecule has 0 aliphatic rings. The smallest absolute Gasteiger partial charge is 0.303 e. The first-order valence-corrected chi connectivity index (χ1v) is 6.69. The van der Waals surface area contributed by atoms with Crippen molar-refractivity contribution in [3.63, 3.8) is 0 Å². The van der Waals surface area contributed by atoms with Crippen LogP contribution in [-0.2, 0) is 11.2 Å². The number of H-pyrrole nitrogens is 1. The van der Waals surface area contributed by atoms with Crippen LogP contribution in [0.2, 0.25) is 0 Å². The van der Waals surface area contributed by atoms with Crippen LogP contribution in [0.4, 0.5) is 0 Å². The first kappa shape index (κ1) is 14.4. The number of nitrogens with zero attached hydrogens (tertiary/aromatic N) is 2. The van der Waals surface area contributed by atoms with Gasteiger partial charge >= 0.3 is 5.97 Å². The van der Waals surface area contributed by atoms with Crippen molar-refractivity contribution < 1.29 is 9.90 Å². The standard InChI is InChI=1S/C13H12BrN3O3/c1-7-10(2-3-11(18)19)13(20)17-12(16-7)8-4-9(14)6-15-5-8/h4-6H,2-3H2,1H3,(H,18,19)(H,16,17,20). The minimum Gasteiger partial charge on any atom is -0.481 e. The molecule has 0 atom stereocenters. The van der Waals surface area contributed by atoms with Gasteiger partial charge < -0.3 is 10.1 Å². The lowest BCUT2D eigenvalue weighted by atomic mass is 10.1. The molecule has 7 heteroatoms. The maximum Gasteiger partial charge on any atom is 0.303 e. The summed E-state index contributed by atoms with van der Waals surface area (Å²) in [4.78, 5) is 33.6. The zero-order valence-corrected chi connectivity index (χ0v) is 12.3. The van der Waals surface area contributed by atoms with Crippen LogP contribution in [0.5, 0.6) is 0 Å². The monoisotopic (exact) mass is 337 g/mol. The molecule has 0 spiro atoms. The molecular formula is C13H12BrN3O3. The molecule has 0 saturated carbocycles. The van der Waals surface area contributed by atoms with Gasteiger partial charge in [-0.05, 0) is 35.3 Å². The second-order valence-corrected chi connectivity index (χ2v) is 5.18. The van der Waals surface area contributed by atoms with Crippen molar-refractivity contribution in [1.82, 2.24) is 15.0 Å². The maximum absolute atomic E-state index is 12.0. The zero-order valence-electron chi connectivity index (χ0n) is 10.7. The van der Waals surface area contributed by atoms with Crippen LogP contribution in [0.25, 0.3) is 11.4 Å². The van der Waals surface area contributed by atoms with Gasteiger partial charge in [-0.3, -0.25) is 14.6 Å². The molecule has 0 fully saturated rings. The zero-order chi connectivity index (χ0) is 14.7. The number of hydrogen-bond donors (Lipinski definition) is 2. The Labute approximate surface area is 123 Å². The van der Waals surface area contributed by atoms with E-state index in [2.05, 4.69) is 30.9 Å². The molecule has 20 heavy (non-hydrogen) atoms. The number of aromatic amines is 1. The highest BCUT2D eigenvalue weighted by atomic mass is 79.9. The quantitative estimate of drug-likeness (QED) is 0.888. The van der Waals surface area contributed by atoms with E-state index in [0.717, 1.165) is 4.47 Å². The van der Waals surface area contributed by atoms with Gasteiger partial charge in [0.2, 0.25) is 0 Å². The summed E-state index contributed by atoms with van der Waals surface area (Å²) in [7, 11) is 0. The Morgan fingerprint density at radius 2 is 2.20 bits per heavy atom. The summed E-state index contributed by atoms with van der Waals surface area (Å²) in [6.07, 6.45) is 3.30. The average Bonchev–Trinajstić information content (AvgIpc) is 2.37. The Hall–Kier alpha value is -2.02. The summed E-state index contributed by atoms with van der Waals surface area (Å²) < 4.78 is 0.783. The van der Waals surface area contributed by atoms with Crippen LogP contribution >= 0.6 is 15.9 Å². The number of rotatable bonds is 4. The second kappa shape index (κ2) is 5.96. The van der Waals surface area contributed by atoms with E-state index in [1.807, 2.05) is 0 Å². The highest BCUT2D eigenvalue weighted by Crippen LogP contribution is 2.18. The van der Waals surface area contributed by atoms with Gasteiger partial charge in [0.05, 0.1) is 0 Å². The predicted molar refractivity (Wildman–Crippen MR) is 76.5 cm³/mol. The molecule has 0 radical (unpaired) electrons. The molecule has 0 aliphatic carbocycles. The third-order valence-electron chi connectivity index (χ3n) is 2.79. The molecule has 2 aromatic rings. The lowest BCUT2D eigenvalue weighted by molar-refractivity contribution is -0.136. The fourth-order valence-corrected chi connectivity index (χ4v) is 2.18. The van der Waals surface area contributed by atoms with Crippen LogP contribution in [0.3, 0.4) is 0 Å². The van der Waals surface area contributed by atoms with Crippen LogP contribution in [0.1, 0.15) is 17.7 Å². The summed E-state index contributed by atoms with van der Waals surface area (Å²) >= 11 is 3.30. The number of aromatic nitrogens is 3. The van der Waals surface area contributed by atoms with E-state index < -0.39 is 5.97 Å². The Morgan fingerprint density at radius 3 is 2.80 bits per heavy atom. The number of aryl methyl sites for hydroxylation is 1. The molecule has 6 nitrogen and oxygen atoms in total. The highest BCUT2D eigenvalue weighted by Gasteiger charge is 2.11. The topological polar surface area (TPSA) is 95.9 Å². The van der Waals surface area contributed by atoms with E-state index in [1.165, 1.54) is 0 Å². The lowest BCUT2D eigenvalue weighted by Gasteiger charge is -2.06. The molecule has 2 heterocycles. The number of carbonyl (C=O) groups is 1. The first-order chi connectivity index (χ1) is 9.47. The number of halogens is 1. The number of nitrogens with one attached hydrogen (secondary N) is 1. The molecule has 2 rings (SSSR count). The van der Waals surface area contributed by atoms with E-state index in [1.54, 1.807) is 25.4 Å². The van der Waals surface area contributed by atoms with Gasteiger partial charge in [0.25, 0.3) is 5.56 Å². The summed E-state index contributed by atoms with van der Waals surface area (Å²) in [5.74, 6) is -0.524. The fourth-order valence-electron chi connectivity index (χ4n) is 1.81. The lowest BCUT2D eigenvalue weighted by Crippen LogP contribution is -2.18. The van der Waals surface area contributed by atoms with Gasteiger partial charge in [-0.2, -0.15) is 0 Å². The molecule has 0 amide bonds. The van der Waals surface area contributed by atoms with Crippen molar-refractivity contribution in [1.29, 1.82) is 0 Å². The first-order valence-electron chi connectivity index (χ1n) is 5.90. The van der Waals surface area contributed by atoms with Gasteiger partial charge in [-0.15, -0.1) is 0 Å². The van der Waals surface area contributed by atoms with Crippen molar-refractivity contribution in [3.8, 4) is 11.4 Å². The predicted octanol–water partition coefficient (Wildman–Crippen LogP) is 1.92. The molecule has 0 aromatic carbocycles. The fraction of sp³-hybridized carbons (Fsp3) is 0.231. The van der Waals surface area contributed by atoms with Crippen LogP contribution < -0.4 is 5.56 Å². The number of aliphatic carboxylic acids is 1. The second-order valence-electron chi connectivity index (χ2n) is 4.26. The molecule has 2 aromatic heterocycles. The van der Waals surface area contributed by atoms with Crippen molar-refractivity contribution in [2.45, 2.75) is 19.8 Å². The van der Waals surface area contributed by atoms with Crippen molar-refractivity contribution in [2.75, 3.05) is 0 Å². The Balaban J connectivity index is 2.40. The normalized spacial score (nSPS) is 10.5. The van der Waals surface area contributed by atoms with E-state index in [9.17, 15) is 9.59 Å². The minimum atomic E-state index is -0.941. The summed E-state index contributed by atoms with van der Waals surface area (Å²) in [5, 5.41) is 8.67. The van der Waals surface area contributed by atoms with Crippen LogP contribution in [0.15, 0.2) is 27.7 Å². The number of carboxylic acid groups (broad SMARTS) is 1. The Bertz CT molecular complexity index is 712. The Morgan fingerprint density at radius 1 is 1.45 bits per heavy atom. The van der Waals surface area contributed by atoms with E-state index in [-0.39, 0.29) is 18.4 Å². The largest absolute Gasteiger partial charge is 0.481 e. The molecule has 104 valence electrons. The van der Waals surface area contributed by atoms with E-state index in [0.29, 0.717) is 22.6 Å². The molecular weight excluding hydrogens is 326 g/mol. The number of pyridine rings is 1. The minimum absolute atomic E-state index is 0.0939. The van der Waals surface area contributed by atoms with Crippen LogP contribution in [-0.4, -0.2) is 26.0 Å². The van der Waals surface area contributed by atoms with Gasteiger partial charge in [-0.1, -0.05) is 0 Å². The molecule has 0 aliphatic heterocycles.